The van der Waals surface area contributed by atoms with E-state index in [4.69, 9.17) is 11.6 Å². The molecule has 0 spiro atoms. The lowest BCUT2D eigenvalue weighted by Gasteiger charge is -2.22. The summed E-state index contributed by atoms with van der Waals surface area (Å²) in [5.74, 6) is 0.231. The Balaban J connectivity index is 1.25. The summed E-state index contributed by atoms with van der Waals surface area (Å²) >= 11 is 5.98. The van der Waals surface area contributed by atoms with Crippen LogP contribution in [0.5, 0.6) is 0 Å². The molecule has 1 N–H and O–H groups in total. The van der Waals surface area contributed by atoms with E-state index >= 15 is 0 Å². The average molecular weight is 455 g/mol. The third-order valence-corrected chi connectivity index (χ3v) is 6.43. The summed E-state index contributed by atoms with van der Waals surface area (Å²) in [6.07, 6.45) is 2.56. The number of nitrogens with zero attached hydrogens (tertiary/aromatic N) is 3. The summed E-state index contributed by atoms with van der Waals surface area (Å²) in [7, 11) is 0. The van der Waals surface area contributed by atoms with Crippen LogP contribution in [0.2, 0.25) is 5.02 Å². The van der Waals surface area contributed by atoms with Crippen LogP contribution >= 0.6 is 11.6 Å². The number of benzene rings is 2. The average Bonchev–Trinajstić information content (AvgIpc) is 3.05. The van der Waals surface area contributed by atoms with Crippen LogP contribution in [-0.2, 0) is 24.4 Å². The molecule has 170 valence electrons. The Bertz CT molecular complexity index is 934. The van der Waals surface area contributed by atoms with Gasteiger partial charge in [-0.15, -0.1) is 0 Å². The topological polar surface area (TPSA) is 55.9 Å². The van der Waals surface area contributed by atoms with Crippen LogP contribution in [0, 0.1) is 0 Å². The minimum absolute atomic E-state index is 0.0153. The van der Waals surface area contributed by atoms with E-state index in [9.17, 15) is 9.59 Å². The van der Waals surface area contributed by atoms with Gasteiger partial charge in [-0.2, -0.15) is 0 Å². The SMILES string of the molecule is O=C1CCCN1Cc1cccc(CNC(=O)N2CCCN(Cc3ccc(Cl)cc3)CC2)c1. The predicted octanol–water partition coefficient (Wildman–Crippen LogP) is 3.88. The Morgan fingerprint density at radius 2 is 1.69 bits per heavy atom. The summed E-state index contributed by atoms with van der Waals surface area (Å²) in [5, 5.41) is 3.82. The first-order valence-electron chi connectivity index (χ1n) is 11.4. The van der Waals surface area contributed by atoms with Crippen molar-refractivity contribution < 1.29 is 9.59 Å². The molecule has 2 saturated heterocycles. The zero-order valence-electron chi connectivity index (χ0n) is 18.4. The van der Waals surface area contributed by atoms with E-state index < -0.39 is 0 Å². The molecule has 6 nitrogen and oxygen atoms in total. The molecule has 7 heteroatoms. The Morgan fingerprint density at radius 3 is 2.47 bits per heavy atom. The van der Waals surface area contributed by atoms with Gasteiger partial charge in [0.2, 0.25) is 5.91 Å². The van der Waals surface area contributed by atoms with Gasteiger partial charge in [0, 0.05) is 63.8 Å². The van der Waals surface area contributed by atoms with Crippen molar-refractivity contribution in [3.05, 3.63) is 70.2 Å². The van der Waals surface area contributed by atoms with Crippen LogP contribution in [-0.4, -0.2) is 59.4 Å². The first kappa shape index (κ1) is 22.6. The zero-order valence-corrected chi connectivity index (χ0v) is 19.2. The van der Waals surface area contributed by atoms with Crippen LogP contribution in [0.3, 0.4) is 0 Å². The van der Waals surface area contributed by atoms with Gasteiger partial charge in [0.1, 0.15) is 0 Å². The zero-order chi connectivity index (χ0) is 22.3. The molecule has 3 amide bonds. The third kappa shape index (κ3) is 6.24. The Labute approximate surface area is 195 Å². The van der Waals surface area contributed by atoms with Crippen molar-refractivity contribution in [2.75, 3.05) is 32.7 Å². The number of halogens is 1. The first-order valence-corrected chi connectivity index (χ1v) is 11.8. The quantitative estimate of drug-likeness (QED) is 0.720. The lowest BCUT2D eigenvalue weighted by Crippen LogP contribution is -2.41. The normalized spacial score (nSPS) is 17.5. The first-order chi connectivity index (χ1) is 15.6. The third-order valence-electron chi connectivity index (χ3n) is 6.18. The van der Waals surface area contributed by atoms with Crippen molar-refractivity contribution in [1.29, 1.82) is 0 Å². The van der Waals surface area contributed by atoms with Crippen molar-refractivity contribution in [2.24, 2.45) is 0 Å². The van der Waals surface area contributed by atoms with Gasteiger partial charge in [0.05, 0.1) is 0 Å². The fourth-order valence-corrected chi connectivity index (χ4v) is 4.53. The summed E-state index contributed by atoms with van der Waals surface area (Å²) in [6, 6.07) is 16.1. The highest BCUT2D eigenvalue weighted by atomic mass is 35.5. The Hall–Kier alpha value is -2.57. The maximum atomic E-state index is 12.8. The van der Waals surface area contributed by atoms with Crippen LogP contribution in [0.1, 0.15) is 36.0 Å². The van der Waals surface area contributed by atoms with E-state index in [1.54, 1.807) is 0 Å². The molecule has 2 aliphatic rings. The Morgan fingerprint density at radius 1 is 0.875 bits per heavy atom. The van der Waals surface area contributed by atoms with E-state index in [1.165, 1.54) is 5.56 Å². The lowest BCUT2D eigenvalue weighted by molar-refractivity contribution is -0.128. The molecule has 0 aromatic heterocycles. The molecule has 2 aromatic rings. The highest BCUT2D eigenvalue weighted by Gasteiger charge is 2.21. The number of amides is 3. The van der Waals surface area contributed by atoms with E-state index in [1.807, 2.05) is 40.1 Å². The van der Waals surface area contributed by atoms with E-state index in [2.05, 4.69) is 28.4 Å². The van der Waals surface area contributed by atoms with Gasteiger partial charge in [0.25, 0.3) is 0 Å². The number of hydrogen-bond acceptors (Lipinski definition) is 3. The highest BCUT2D eigenvalue weighted by Crippen LogP contribution is 2.16. The number of carbonyl (C=O) groups excluding carboxylic acids is 2. The molecule has 32 heavy (non-hydrogen) atoms. The van der Waals surface area contributed by atoms with E-state index in [0.717, 1.165) is 68.3 Å². The monoisotopic (exact) mass is 454 g/mol. The number of nitrogens with one attached hydrogen (secondary N) is 1. The van der Waals surface area contributed by atoms with Crippen LogP contribution in [0.25, 0.3) is 0 Å². The summed E-state index contributed by atoms with van der Waals surface area (Å²) in [6.45, 7) is 6.17. The number of likely N-dealkylation sites (tertiary alicyclic amines) is 1. The number of hydrogen-bond donors (Lipinski definition) is 1. The maximum absolute atomic E-state index is 12.8. The number of rotatable bonds is 6. The fourth-order valence-electron chi connectivity index (χ4n) is 4.40. The van der Waals surface area contributed by atoms with E-state index in [-0.39, 0.29) is 11.9 Å². The van der Waals surface area contributed by atoms with Gasteiger partial charge in [-0.25, -0.2) is 4.79 Å². The smallest absolute Gasteiger partial charge is 0.317 e. The van der Waals surface area contributed by atoms with Crippen molar-refractivity contribution in [2.45, 2.75) is 38.9 Å². The molecule has 2 aromatic carbocycles. The number of urea groups is 1. The van der Waals surface area contributed by atoms with Gasteiger partial charge in [-0.1, -0.05) is 48.0 Å². The van der Waals surface area contributed by atoms with Gasteiger partial charge in [-0.05, 0) is 41.7 Å². The summed E-state index contributed by atoms with van der Waals surface area (Å²) in [4.78, 5) is 30.8. The molecule has 0 radical (unpaired) electrons. The van der Waals surface area contributed by atoms with E-state index in [0.29, 0.717) is 19.5 Å². The molecule has 2 heterocycles. The molecule has 2 aliphatic heterocycles. The molecule has 0 unspecified atom stereocenters. The van der Waals surface area contributed by atoms with Gasteiger partial charge < -0.3 is 15.1 Å². The van der Waals surface area contributed by atoms with Crippen LogP contribution < -0.4 is 5.32 Å². The van der Waals surface area contributed by atoms with Crippen molar-refractivity contribution in [3.8, 4) is 0 Å². The minimum atomic E-state index is -0.0153. The molecular formula is C25H31ClN4O2. The maximum Gasteiger partial charge on any atom is 0.317 e. The van der Waals surface area contributed by atoms with Crippen molar-refractivity contribution in [3.63, 3.8) is 0 Å². The summed E-state index contributed by atoms with van der Waals surface area (Å²) in [5.41, 5.74) is 3.41. The van der Waals surface area contributed by atoms with Gasteiger partial charge in [-0.3, -0.25) is 9.69 Å². The lowest BCUT2D eigenvalue weighted by atomic mass is 10.1. The molecule has 2 fully saturated rings. The largest absolute Gasteiger partial charge is 0.338 e. The standard InChI is InChI=1S/C25H31ClN4O2/c26-23-9-7-20(8-10-23)18-28-11-3-13-29(15-14-28)25(32)27-17-21-4-1-5-22(16-21)19-30-12-2-6-24(30)31/h1,4-5,7-10,16H,2-3,6,11-15,17-19H2,(H,27,32). The molecular weight excluding hydrogens is 424 g/mol. The second kappa shape index (κ2) is 10.8. The minimum Gasteiger partial charge on any atom is -0.338 e. The van der Waals surface area contributed by atoms with Gasteiger partial charge >= 0.3 is 6.03 Å². The van der Waals surface area contributed by atoms with Crippen molar-refractivity contribution >= 4 is 23.5 Å². The second-order valence-electron chi connectivity index (χ2n) is 8.64. The second-order valence-corrected chi connectivity index (χ2v) is 9.08. The number of carbonyl (C=O) groups is 2. The molecule has 4 rings (SSSR count). The van der Waals surface area contributed by atoms with Crippen LogP contribution in [0.15, 0.2) is 48.5 Å². The van der Waals surface area contributed by atoms with Gasteiger partial charge in [0.15, 0.2) is 0 Å². The molecule has 0 saturated carbocycles. The fraction of sp³-hybridized carbons (Fsp3) is 0.440. The van der Waals surface area contributed by atoms with Crippen LogP contribution in [0.4, 0.5) is 4.79 Å². The molecule has 0 aliphatic carbocycles. The predicted molar refractivity (Wildman–Crippen MR) is 126 cm³/mol. The summed E-state index contributed by atoms with van der Waals surface area (Å²) < 4.78 is 0. The molecule has 0 atom stereocenters. The molecule has 0 bridgehead atoms. The Kier molecular flexibility index (Phi) is 7.66. The van der Waals surface area contributed by atoms with Crippen molar-refractivity contribution in [1.82, 2.24) is 20.0 Å². The highest BCUT2D eigenvalue weighted by molar-refractivity contribution is 6.30.